The molecule has 5 nitrogen and oxygen atoms in total. The Bertz CT molecular complexity index is 313. The Labute approximate surface area is 143 Å². The van der Waals surface area contributed by atoms with Crippen molar-refractivity contribution < 1.29 is 9.53 Å². The maximum absolute atomic E-state index is 11.8. The van der Waals surface area contributed by atoms with E-state index in [-0.39, 0.29) is 12.1 Å². The first-order valence-electron chi connectivity index (χ1n) is 8.96. The van der Waals surface area contributed by atoms with Crippen LogP contribution < -0.4 is 11.1 Å². The lowest BCUT2D eigenvalue weighted by atomic mass is 10.1. The highest BCUT2D eigenvalue weighted by Gasteiger charge is 2.21. The van der Waals surface area contributed by atoms with E-state index in [0.717, 1.165) is 25.9 Å². The van der Waals surface area contributed by atoms with E-state index in [2.05, 4.69) is 37.9 Å². The van der Waals surface area contributed by atoms with Gasteiger partial charge in [0.2, 0.25) is 0 Å². The molecule has 0 aliphatic heterocycles. The first-order chi connectivity index (χ1) is 10.5. The molecule has 0 fully saturated rings. The van der Waals surface area contributed by atoms with E-state index in [0.29, 0.717) is 24.9 Å². The molecule has 0 aromatic carbocycles. The second-order valence-electron chi connectivity index (χ2n) is 8.17. The van der Waals surface area contributed by atoms with Crippen LogP contribution in [0.1, 0.15) is 61.3 Å². The van der Waals surface area contributed by atoms with E-state index in [4.69, 9.17) is 10.5 Å². The normalized spacial score (nSPS) is 13.7. The lowest BCUT2D eigenvalue weighted by molar-refractivity contribution is 0.0506. The Morgan fingerprint density at radius 1 is 1.09 bits per heavy atom. The number of hydrogen-bond acceptors (Lipinski definition) is 4. The fraction of sp³-hybridized carbons (Fsp3) is 0.944. The SMILES string of the molecule is CC(C)CCN(CCC(C)C)C(CN)CNC(=O)OC(C)(C)C. The van der Waals surface area contributed by atoms with E-state index in [1.165, 1.54) is 0 Å². The van der Waals surface area contributed by atoms with Crippen molar-refractivity contribution in [2.24, 2.45) is 17.6 Å². The molecule has 0 spiro atoms. The number of nitrogens with zero attached hydrogens (tertiary/aromatic N) is 1. The standard InChI is InChI=1S/C18H39N3O2/c1-14(2)8-10-21(11-9-15(3)4)16(12-19)13-20-17(22)23-18(5,6)7/h14-16H,8-13,19H2,1-7H3,(H,20,22). The maximum Gasteiger partial charge on any atom is 0.407 e. The Hall–Kier alpha value is -0.810. The minimum Gasteiger partial charge on any atom is -0.444 e. The third kappa shape index (κ3) is 12.3. The van der Waals surface area contributed by atoms with Crippen LogP contribution in [0.15, 0.2) is 0 Å². The Kier molecular flexibility index (Phi) is 10.5. The smallest absolute Gasteiger partial charge is 0.407 e. The second kappa shape index (κ2) is 10.9. The molecule has 0 bridgehead atoms. The molecule has 0 aliphatic carbocycles. The number of rotatable bonds is 10. The summed E-state index contributed by atoms with van der Waals surface area (Å²) in [7, 11) is 0. The molecule has 1 amide bonds. The van der Waals surface area contributed by atoms with Crippen LogP contribution in [-0.2, 0) is 4.74 Å². The molecule has 138 valence electrons. The molecular weight excluding hydrogens is 290 g/mol. The zero-order valence-corrected chi connectivity index (χ0v) is 16.3. The maximum atomic E-state index is 11.8. The fourth-order valence-electron chi connectivity index (χ4n) is 2.20. The predicted molar refractivity (Wildman–Crippen MR) is 97.6 cm³/mol. The Balaban J connectivity index is 4.56. The number of nitrogens with one attached hydrogen (secondary N) is 1. The van der Waals surface area contributed by atoms with Gasteiger partial charge in [-0.3, -0.25) is 4.90 Å². The first-order valence-corrected chi connectivity index (χ1v) is 8.96. The van der Waals surface area contributed by atoms with E-state index >= 15 is 0 Å². The van der Waals surface area contributed by atoms with Gasteiger partial charge in [-0.1, -0.05) is 27.7 Å². The molecule has 0 heterocycles. The van der Waals surface area contributed by atoms with Crippen molar-refractivity contribution in [3.8, 4) is 0 Å². The van der Waals surface area contributed by atoms with Crippen molar-refractivity contribution in [1.82, 2.24) is 10.2 Å². The van der Waals surface area contributed by atoms with Crippen molar-refractivity contribution in [2.75, 3.05) is 26.2 Å². The highest BCUT2D eigenvalue weighted by atomic mass is 16.6. The van der Waals surface area contributed by atoms with Gasteiger partial charge in [-0.15, -0.1) is 0 Å². The van der Waals surface area contributed by atoms with E-state index < -0.39 is 5.60 Å². The van der Waals surface area contributed by atoms with E-state index in [1.807, 2.05) is 20.8 Å². The summed E-state index contributed by atoms with van der Waals surface area (Å²) >= 11 is 0. The van der Waals surface area contributed by atoms with Crippen molar-refractivity contribution >= 4 is 6.09 Å². The summed E-state index contributed by atoms with van der Waals surface area (Å²) in [4.78, 5) is 14.3. The Morgan fingerprint density at radius 2 is 1.57 bits per heavy atom. The topological polar surface area (TPSA) is 67.6 Å². The number of carbonyl (C=O) groups is 1. The van der Waals surface area contributed by atoms with Gasteiger partial charge in [0.25, 0.3) is 0 Å². The van der Waals surface area contributed by atoms with Crippen LogP contribution in [0, 0.1) is 11.8 Å². The number of nitrogens with two attached hydrogens (primary N) is 1. The molecule has 0 saturated heterocycles. The molecular formula is C18H39N3O2. The molecule has 0 aliphatic rings. The molecule has 0 saturated carbocycles. The molecule has 23 heavy (non-hydrogen) atoms. The highest BCUT2D eigenvalue weighted by molar-refractivity contribution is 5.67. The van der Waals surface area contributed by atoms with Gasteiger partial charge in [0.15, 0.2) is 0 Å². The Morgan fingerprint density at radius 3 is 1.91 bits per heavy atom. The van der Waals surface area contributed by atoms with Crippen LogP contribution in [0.3, 0.4) is 0 Å². The van der Waals surface area contributed by atoms with Crippen LogP contribution in [0.25, 0.3) is 0 Å². The molecule has 0 rings (SSSR count). The van der Waals surface area contributed by atoms with Gasteiger partial charge >= 0.3 is 6.09 Å². The third-order valence-electron chi connectivity index (χ3n) is 3.66. The number of hydrogen-bond donors (Lipinski definition) is 2. The molecule has 3 N–H and O–H groups in total. The summed E-state index contributed by atoms with van der Waals surface area (Å²) in [5.41, 5.74) is 5.49. The van der Waals surface area contributed by atoms with Gasteiger partial charge in [-0.2, -0.15) is 0 Å². The number of amides is 1. The van der Waals surface area contributed by atoms with Gasteiger partial charge in [0, 0.05) is 19.1 Å². The minimum absolute atomic E-state index is 0.153. The molecule has 5 heteroatoms. The highest BCUT2D eigenvalue weighted by Crippen LogP contribution is 2.10. The van der Waals surface area contributed by atoms with Crippen LogP contribution in [0.4, 0.5) is 4.79 Å². The molecule has 1 atom stereocenters. The van der Waals surface area contributed by atoms with E-state index in [1.54, 1.807) is 0 Å². The van der Waals surface area contributed by atoms with Crippen molar-refractivity contribution in [3.05, 3.63) is 0 Å². The van der Waals surface area contributed by atoms with Crippen molar-refractivity contribution in [3.63, 3.8) is 0 Å². The average molecular weight is 330 g/mol. The second-order valence-corrected chi connectivity index (χ2v) is 8.17. The first kappa shape index (κ1) is 22.2. The quantitative estimate of drug-likeness (QED) is 0.646. The lowest BCUT2D eigenvalue weighted by Gasteiger charge is -2.32. The summed E-state index contributed by atoms with van der Waals surface area (Å²) in [6.07, 6.45) is 1.91. The monoisotopic (exact) mass is 329 g/mol. The van der Waals surface area contributed by atoms with Crippen LogP contribution in [-0.4, -0.2) is 48.8 Å². The summed E-state index contributed by atoms with van der Waals surface area (Å²) in [6.45, 7) is 17.6. The molecule has 0 radical (unpaired) electrons. The number of alkyl carbamates (subject to hydrolysis) is 1. The van der Waals surface area contributed by atoms with Crippen LogP contribution in [0.5, 0.6) is 0 Å². The molecule has 0 aromatic rings. The number of carbonyl (C=O) groups excluding carboxylic acids is 1. The zero-order chi connectivity index (χ0) is 18.0. The van der Waals surface area contributed by atoms with Gasteiger partial charge < -0.3 is 15.8 Å². The zero-order valence-electron chi connectivity index (χ0n) is 16.3. The number of ether oxygens (including phenoxy) is 1. The van der Waals surface area contributed by atoms with Gasteiger partial charge in [0.1, 0.15) is 5.60 Å². The molecule has 1 unspecified atom stereocenters. The third-order valence-corrected chi connectivity index (χ3v) is 3.66. The van der Waals surface area contributed by atoms with Gasteiger partial charge in [-0.05, 0) is 58.5 Å². The fourth-order valence-corrected chi connectivity index (χ4v) is 2.20. The van der Waals surface area contributed by atoms with Gasteiger partial charge in [-0.25, -0.2) is 4.79 Å². The minimum atomic E-state index is -0.475. The van der Waals surface area contributed by atoms with E-state index in [9.17, 15) is 4.79 Å². The summed E-state index contributed by atoms with van der Waals surface area (Å²) in [6, 6.07) is 0.153. The van der Waals surface area contributed by atoms with Crippen LogP contribution in [0.2, 0.25) is 0 Å². The predicted octanol–water partition coefficient (Wildman–Crippen LogP) is 3.23. The largest absolute Gasteiger partial charge is 0.444 e. The van der Waals surface area contributed by atoms with Crippen molar-refractivity contribution in [2.45, 2.75) is 73.0 Å². The summed E-state index contributed by atoms with van der Waals surface area (Å²) < 4.78 is 5.30. The van der Waals surface area contributed by atoms with Crippen LogP contribution >= 0.6 is 0 Å². The average Bonchev–Trinajstić information content (AvgIpc) is 2.38. The van der Waals surface area contributed by atoms with Crippen molar-refractivity contribution in [1.29, 1.82) is 0 Å². The molecule has 0 aromatic heterocycles. The summed E-state index contributed by atoms with van der Waals surface area (Å²) in [5.74, 6) is 1.32. The summed E-state index contributed by atoms with van der Waals surface area (Å²) in [5, 5.41) is 2.86. The lowest BCUT2D eigenvalue weighted by Crippen LogP contribution is -2.49. The van der Waals surface area contributed by atoms with Gasteiger partial charge in [0.05, 0.1) is 0 Å².